The number of carbonyl (C=O) groups is 1. The molecule has 0 saturated heterocycles. The summed E-state index contributed by atoms with van der Waals surface area (Å²) in [5, 5.41) is 0. The molecule has 3 N–H and O–H groups in total. The topological polar surface area (TPSA) is 130 Å². The van der Waals surface area contributed by atoms with Gasteiger partial charge in [0.2, 0.25) is 0 Å². The lowest BCUT2D eigenvalue weighted by Crippen LogP contribution is -2.01. The summed E-state index contributed by atoms with van der Waals surface area (Å²) in [5.74, 6) is -1.10. The Morgan fingerprint density at radius 3 is 2.08 bits per heavy atom. The van der Waals surface area contributed by atoms with Crippen molar-refractivity contribution in [1.29, 1.82) is 0 Å². The second-order valence-corrected chi connectivity index (χ2v) is 4.61. The van der Waals surface area contributed by atoms with Gasteiger partial charge < -0.3 is 14.3 Å². The highest BCUT2D eigenvalue weighted by molar-refractivity contribution is 7.61. The third-order valence-electron chi connectivity index (χ3n) is 0.715. The molecule has 0 aliphatic heterocycles. The van der Waals surface area contributed by atoms with Crippen molar-refractivity contribution in [2.45, 2.75) is 13.3 Å². The number of rotatable bonds is 4. The third-order valence-corrected chi connectivity index (χ3v) is 2.83. The van der Waals surface area contributed by atoms with Crippen molar-refractivity contribution in [2.24, 2.45) is 0 Å². The molecule has 10 heteroatoms. The minimum atomic E-state index is -5.14. The van der Waals surface area contributed by atoms with Crippen LogP contribution in [0.4, 0.5) is 0 Å². The molecule has 1 atom stereocenters. The van der Waals surface area contributed by atoms with Crippen molar-refractivity contribution in [2.75, 3.05) is 0 Å². The fraction of sp³-hybridized carbons (Fsp3) is 0.667. The molecule has 0 bridgehead atoms. The Hall–Kier alpha value is -0.230. The van der Waals surface area contributed by atoms with Gasteiger partial charge in [0.1, 0.15) is 0 Å². The van der Waals surface area contributed by atoms with Gasteiger partial charge in [0.15, 0.2) is 0 Å². The highest BCUT2D eigenvalue weighted by Crippen LogP contribution is 2.57. The van der Waals surface area contributed by atoms with E-state index in [-0.39, 0.29) is 6.42 Å². The van der Waals surface area contributed by atoms with Crippen molar-refractivity contribution in [3.8, 4) is 0 Å². The Labute approximate surface area is 73.3 Å². The van der Waals surface area contributed by atoms with E-state index in [9.17, 15) is 13.9 Å². The van der Waals surface area contributed by atoms with Crippen LogP contribution in [0.1, 0.15) is 13.3 Å². The molecule has 0 spiro atoms. The lowest BCUT2D eigenvalue weighted by atomic mass is 10.5. The van der Waals surface area contributed by atoms with Crippen molar-refractivity contribution in [3.05, 3.63) is 0 Å². The average Bonchev–Trinajstić information content (AvgIpc) is 1.80. The minimum absolute atomic E-state index is 0.213. The Morgan fingerprint density at radius 2 is 1.77 bits per heavy atom. The molecule has 0 aromatic heterocycles. The summed E-state index contributed by atoms with van der Waals surface area (Å²) in [6.45, 7) is 1.33. The van der Waals surface area contributed by atoms with Crippen LogP contribution in [0, 0.1) is 0 Å². The van der Waals surface area contributed by atoms with Crippen LogP contribution < -0.4 is 0 Å². The van der Waals surface area contributed by atoms with Gasteiger partial charge in [-0.3, -0.25) is 9.69 Å². The maximum absolute atomic E-state index is 10.6. The lowest BCUT2D eigenvalue weighted by Gasteiger charge is -2.10. The Bertz CT molecular complexity index is 277. The van der Waals surface area contributed by atoms with Gasteiger partial charge in [-0.15, -0.1) is 0 Å². The lowest BCUT2D eigenvalue weighted by molar-refractivity contribution is -0.135. The maximum atomic E-state index is 10.6. The van der Waals surface area contributed by atoms with Crippen molar-refractivity contribution in [1.82, 2.24) is 0 Å². The second-order valence-electron chi connectivity index (χ2n) is 1.86. The predicted molar refractivity (Wildman–Crippen MR) is 39.3 cm³/mol. The molecular weight excluding hydrogens is 226 g/mol. The smallest absolute Gasteiger partial charge is 0.370 e. The van der Waals surface area contributed by atoms with E-state index in [1.165, 1.54) is 6.92 Å². The van der Waals surface area contributed by atoms with Crippen molar-refractivity contribution in [3.63, 3.8) is 0 Å². The molecule has 8 nitrogen and oxygen atoms in total. The molecule has 1 unspecified atom stereocenters. The van der Waals surface area contributed by atoms with Crippen LogP contribution in [0.5, 0.6) is 0 Å². The van der Waals surface area contributed by atoms with E-state index in [1.54, 1.807) is 0 Å². The number of hydrogen-bond acceptors (Lipinski definition) is 5. The first-order chi connectivity index (χ1) is 5.66. The summed E-state index contributed by atoms with van der Waals surface area (Å²) in [4.78, 5) is 35.2. The molecule has 0 aliphatic rings. The van der Waals surface area contributed by atoms with Gasteiger partial charge in [0, 0.05) is 6.42 Å². The van der Waals surface area contributed by atoms with Gasteiger partial charge in [0.25, 0.3) is 0 Å². The molecule has 0 fully saturated rings. The largest absolute Gasteiger partial charge is 0.538 e. The first kappa shape index (κ1) is 12.8. The van der Waals surface area contributed by atoms with Gasteiger partial charge in [-0.2, -0.15) is 4.31 Å². The molecule has 0 heterocycles. The maximum Gasteiger partial charge on any atom is 0.538 e. The molecule has 78 valence electrons. The minimum Gasteiger partial charge on any atom is -0.370 e. The quantitative estimate of drug-likeness (QED) is 0.585. The van der Waals surface area contributed by atoms with Gasteiger partial charge in [0.05, 0.1) is 0 Å². The molecule has 0 radical (unpaired) electrons. The fourth-order valence-corrected chi connectivity index (χ4v) is 1.94. The van der Waals surface area contributed by atoms with E-state index >= 15 is 0 Å². The van der Waals surface area contributed by atoms with Crippen LogP contribution >= 0.6 is 15.6 Å². The number of hydrogen-bond donors (Lipinski definition) is 3. The summed E-state index contributed by atoms with van der Waals surface area (Å²) < 4.78 is 27.7. The molecule has 0 rings (SSSR count). The normalized spacial score (nSPS) is 16.3. The van der Waals surface area contributed by atoms with Crippen LogP contribution in [0.15, 0.2) is 0 Å². The number of phosphoric ester groups is 1. The zero-order valence-corrected chi connectivity index (χ0v) is 8.27. The van der Waals surface area contributed by atoms with E-state index in [4.69, 9.17) is 14.7 Å². The average molecular weight is 234 g/mol. The van der Waals surface area contributed by atoms with Crippen LogP contribution in [0.3, 0.4) is 0 Å². The highest BCUT2D eigenvalue weighted by atomic mass is 31.3. The van der Waals surface area contributed by atoms with E-state index in [2.05, 4.69) is 8.83 Å². The fourth-order valence-electron chi connectivity index (χ4n) is 0.344. The number of phosphoric acid groups is 2. The Kier molecular flexibility index (Phi) is 4.25. The molecule has 13 heavy (non-hydrogen) atoms. The van der Waals surface area contributed by atoms with Gasteiger partial charge in [-0.05, 0) is 0 Å². The summed E-state index contributed by atoms with van der Waals surface area (Å²) in [6, 6.07) is 0. The first-order valence-corrected chi connectivity index (χ1v) is 6.01. The van der Waals surface area contributed by atoms with E-state index in [1.807, 2.05) is 0 Å². The van der Waals surface area contributed by atoms with Crippen LogP contribution in [0.2, 0.25) is 0 Å². The van der Waals surface area contributed by atoms with Crippen molar-refractivity contribution >= 4 is 21.6 Å². The van der Waals surface area contributed by atoms with Gasteiger partial charge in [-0.1, -0.05) is 6.92 Å². The van der Waals surface area contributed by atoms with E-state index in [0.717, 1.165) is 0 Å². The molecule has 0 saturated carbocycles. The summed E-state index contributed by atoms with van der Waals surface area (Å²) in [5.41, 5.74) is 0. The summed E-state index contributed by atoms with van der Waals surface area (Å²) >= 11 is 0. The summed E-state index contributed by atoms with van der Waals surface area (Å²) in [6.07, 6.45) is -0.213. The Morgan fingerprint density at radius 1 is 1.31 bits per heavy atom. The van der Waals surface area contributed by atoms with E-state index < -0.39 is 21.6 Å². The van der Waals surface area contributed by atoms with Gasteiger partial charge >= 0.3 is 21.6 Å². The molecule has 0 amide bonds. The molecule has 0 aromatic rings. The number of carbonyl (C=O) groups excluding carboxylic acids is 1. The molecular formula is C3H8O8P2. The zero-order chi connectivity index (χ0) is 10.7. The van der Waals surface area contributed by atoms with Crippen LogP contribution in [-0.2, 0) is 22.8 Å². The SMILES string of the molecule is CCC(=O)OP(=O)(O)OP(=O)(O)O. The molecule has 0 aromatic carbocycles. The third kappa shape index (κ3) is 6.89. The monoisotopic (exact) mass is 234 g/mol. The zero-order valence-electron chi connectivity index (χ0n) is 6.48. The molecule has 0 aliphatic carbocycles. The van der Waals surface area contributed by atoms with E-state index in [0.29, 0.717) is 0 Å². The standard InChI is InChI=1S/C3H8O8P2/c1-2-3(4)10-13(8,9)11-12(5,6)7/h2H2,1H3,(H,8,9)(H2,5,6,7). The van der Waals surface area contributed by atoms with Crippen molar-refractivity contribution < 1.29 is 37.4 Å². The predicted octanol–water partition coefficient (Wildman–Crippen LogP) is 0.149. The first-order valence-electron chi connectivity index (χ1n) is 2.98. The second kappa shape index (κ2) is 4.32. The van der Waals surface area contributed by atoms with Crippen LogP contribution in [0.25, 0.3) is 0 Å². The van der Waals surface area contributed by atoms with Crippen LogP contribution in [-0.4, -0.2) is 20.6 Å². The van der Waals surface area contributed by atoms with Gasteiger partial charge in [-0.25, -0.2) is 9.13 Å². The summed E-state index contributed by atoms with van der Waals surface area (Å²) in [7, 11) is -10.1. The Balaban J connectivity index is 4.34. The highest BCUT2D eigenvalue weighted by Gasteiger charge is 2.34.